The molecule has 4 aromatic rings. The van der Waals surface area contributed by atoms with Crippen molar-refractivity contribution < 1.29 is 0 Å². The zero-order valence-corrected chi connectivity index (χ0v) is 20.0. The molecule has 0 radical (unpaired) electrons. The van der Waals surface area contributed by atoms with E-state index in [-0.39, 0.29) is 6.04 Å². The van der Waals surface area contributed by atoms with Crippen LogP contribution in [0.1, 0.15) is 43.6 Å². The van der Waals surface area contributed by atoms with Crippen molar-refractivity contribution in [2.24, 2.45) is 0 Å². The predicted octanol–water partition coefficient (Wildman–Crippen LogP) is 4.58. The highest BCUT2D eigenvalue weighted by Crippen LogP contribution is 2.31. The molecule has 0 spiro atoms. The van der Waals surface area contributed by atoms with Gasteiger partial charge in [-0.15, -0.1) is 5.10 Å². The number of hydrogen-bond donors (Lipinski definition) is 0. The molecule has 2 aromatic heterocycles. The summed E-state index contributed by atoms with van der Waals surface area (Å²) in [6.07, 6.45) is 4.37. The lowest BCUT2D eigenvalue weighted by molar-refractivity contribution is 0.162. The van der Waals surface area contributed by atoms with Crippen molar-refractivity contribution in [3.05, 3.63) is 66.0 Å². The first-order chi connectivity index (χ1) is 16.3. The molecule has 0 saturated carbocycles. The number of aromatic nitrogens is 5. The summed E-state index contributed by atoms with van der Waals surface area (Å²) in [5, 5.41) is 14.0. The Hall–Kier alpha value is -2.84. The number of para-hydroxylation sites is 1. The van der Waals surface area contributed by atoms with Crippen LogP contribution in [0.4, 0.5) is 5.13 Å². The van der Waals surface area contributed by atoms with Gasteiger partial charge in [-0.3, -0.25) is 4.90 Å². The largest absolute Gasteiger partial charge is 0.345 e. The van der Waals surface area contributed by atoms with Gasteiger partial charge in [-0.1, -0.05) is 73.6 Å². The molecule has 1 unspecified atom stereocenters. The lowest BCUT2D eigenvalue weighted by Gasteiger charge is -2.38. The normalized spacial score (nSPS) is 15.8. The van der Waals surface area contributed by atoms with Gasteiger partial charge in [-0.2, -0.15) is 0 Å². The van der Waals surface area contributed by atoms with Crippen LogP contribution in [0.15, 0.2) is 54.6 Å². The van der Waals surface area contributed by atoms with Crippen molar-refractivity contribution in [2.75, 3.05) is 31.1 Å². The molecule has 0 amide bonds. The van der Waals surface area contributed by atoms with Gasteiger partial charge >= 0.3 is 0 Å². The zero-order valence-electron chi connectivity index (χ0n) is 19.2. The Bertz CT molecular complexity index is 1110. The Kier molecular flexibility index (Phi) is 6.92. The number of fused-ring (bicyclic) bond motifs is 1. The fourth-order valence-corrected chi connectivity index (χ4v) is 5.60. The van der Waals surface area contributed by atoms with Gasteiger partial charge in [0.05, 0.1) is 16.3 Å². The first-order valence-electron chi connectivity index (χ1n) is 12.0. The van der Waals surface area contributed by atoms with Crippen molar-refractivity contribution in [3.8, 4) is 0 Å². The molecule has 1 fully saturated rings. The second-order valence-electron chi connectivity index (χ2n) is 8.64. The van der Waals surface area contributed by atoms with Crippen molar-refractivity contribution in [1.82, 2.24) is 30.1 Å². The van der Waals surface area contributed by atoms with Gasteiger partial charge in [0.2, 0.25) is 0 Å². The van der Waals surface area contributed by atoms with E-state index in [0.717, 1.165) is 62.0 Å². The summed E-state index contributed by atoms with van der Waals surface area (Å²) in [5.74, 6) is 1.01. The van der Waals surface area contributed by atoms with Crippen molar-refractivity contribution in [3.63, 3.8) is 0 Å². The van der Waals surface area contributed by atoms with E-state index in [1.807, 2.05) is 4.68 Å². The molecule has 8 heteroatoms. The molecule has 5 rings (SSSR count). The minimum absolute atomic E-state index is 0.258. The van der Waals surface area contributed by atoms with Gasteiger partial charge < -0.3 is 4.90 Å². The maximum absolute atomic E-state index is 4.86. The fraction of sp³-hybridized carbons (Fsp3) is 0.440. The summed E-state index contributed by atoms with van der Waals surface area (Å²) < 4.78 is 3.28. The van der Waals surface area contributed by atoms with Crippen molar-refractivity contribution >= 4 is 26.7 Å². The number of rotatable bonds is 9. The Morgan fingerprint density at radius 2 is 1.76 bits per heavy atom. The van der Waals surface area contributed by atoms with Crippen molar-refractivity contribution in [2.45, 2.75) is 45.2 Å². The van der Waals surface area contributed by atoms with Crippen LogP contribution in [0.2, 0.25) is 0 Å². The molecule has 1 aliphatic heterocycles. The Morgan fingerprint density at radius 3 is 2.55 bits per heavy atom. The van der Waals surface area contributed by atoms with E-state index in [1.54, 1.807) is 11.3 Å². The molecular formula is C25H31N7S. The highest BCUT2D eigenvalue weighted by molar-refractivity contribution is 7.22. The quantitative estimate of drug-likeness (QED) is 0.364. The average Bonchev–Trinajstić information content (AvgIpc) is 3.51. The number of hydrogen-bond acceptors (Lipinski definition) is 7. The molecular weight excluding hydrogens is 430 g/mol. The number of nitrogens with zero attached hydrogens (tertiary/aromatic N) is 7. The molecule has 7 nitrogen and oxygen atoms in total. The summed E-state index contributed by atoms with van der Waals surface area (Å²) in [6, 6.07) is 19.2. The minimum atomic E-state index is 0.258. The second-order valence-corrected chi connectivity index (χ2v) is 9.65. The SMILES string of the molecule is CCCCC(c1nnnn1CCc1ccccc1)N1CCN(c2nc3ccccc3s2)CC1. The lowest BCUT2D eigenvalue weighted by atomic mass is 10.1. The third kappa shape index (κ3) is 5.07. The molecule has 33 heavy (non-hydrogen) atoms. The third-order valence-corrected chi connectivity index (χ3v) is 7.55. The van der Waals surface area contributed by atoms with Crippen LogP contribution < -0.4 is 4.90 Å². The number of unbranched alkanes of at least 4 members (excludes halogenated alkanes) is 1. The number of piperazine rings is 1. The van der Waals surface area contributed by atoms with E-state index in [4.69, 9.17) is 4.98 Å². The number of tetrazole rings is 1. The van der Waals surface area contributed by atoms with Gasteiger partial charge in [0.1, 0.15) is 0 Å². The molecule has 3 heterocycles. The van der Waals surface area contributed by atoms with Crippen LogP contribution >= 0.6 is 11.3 Å². The van der Waals surface area contributed by atoms with E-state index < -0.39 is 0 Å². The van der Waals surface area contributed by atoms with Gasteiger partial charge in [0, 0.05) is 32.7 Å². The molecule has 172 valence electrons. The summed E-state index contributed by atoms with van der Waals surface area (Å²) in [4.78, 5) is 9.86. The molecule has 0 bridgehead atoms. The monoisotopic (exact) mass is 461 g/mol. The van der Waals surface area contributed by atoms with E-state index in [1.165, 1.54) is 23.1 Å². The van der Waals surface area contributed by atoms with Crippen LogP contribution in [0.3, 0.4) is 0 Å². The highest BCUT2D eigenvalue weighted by Gasteiger charge is 2.29. The number of aryl methyl sites for hydroxylation is 2. The van der Waals surface area contributed by atoms with Crippen LogP contribution in [0.25, 0.3) is 10.2 Å². The Morgan fingerprint density at radius 1 is 0.970 bits per heavy atom. The number of thiazole rings is 1. The lowest BCUT2D eigenvalue weighted by Crippen LogP contribution is -2.48. The number of benzene rings is 2. The minimum Gasteiger partial charge on any atom is -0.345 e. The molecule has 1 saturated heterocycles. The van der Waals surface area contributed by atoms with Gasteiger partial charge in [0.25, 0.3) is 0 Å². The molecule has 1 aliphatic rings. The maximum atomic E-state index is 4.86. The Balaban J connectivity index is 1.27. The summed E-state index contributed by atoms with van der Waals surface area (Å²) in [7, 11) is 0. The smallest absolute Gasteiger partial charge is 0.186 e. The van der Waals surface area contributed by atoms with E-state index in [2.05, 4.69) is 86.8 Å². The molecule has 0 aliphatic carbocycles. The standard InChI is InChI=1S/C25H31N7S/c1-2-3-12-22(24-27-28-29-32(24)15-14-20-9-5-4-6-10-20)30-16-18-31(19-17-30)25-26-21-11-7-8-13-23(21)33-25/h4-11,13,22H,2-3,12,14-19H2,1H3. The topological polar surface area (TPSA) is 63.0 Å². The van der Waals surface area contributed by atoms with Crippen LogP contribution in [-0.4, -0.2) is 56.3 Å². The zero-order chi connectivity index (χ0) is 22.5. The van der Waals surface area contributed by atoms with Gasteiger partial charge in [0.15, 0.2) is 11.0 Å². The highest BCUT2D eigenvalue weighted by atomic mass is 32.1. The van der Waals surface area contributed by atoms with Crippen LogP contribution in [-0.2, 0) is 13.0 Å². The van der Waals surface area contributed by atoms with E-state index >= 15 is 0 Å². The Labute approximate surface area is 199 Å². The van der Waals surface area contributed by atoms with Crippen LogP contribution in [0.5, 0.6) is 0 Å². The van der Waals surface area contributed by atoms with E-state index in [0.29, 0.717) is 0 Å². The van der Waals surface area contributed by atoms with Crippen LogP contribution in [0, 0.1) is 0 Å². The molecule has 1 atom stereocenters. The molecule has 0 N–H and O–H groups in total. The van der Waals surface area contributed by atoms with Gasteiger partial charge in [-0.25, -0.2) is 9.67 Å². The number of anilines is 1. The first kappa shape index (κ1) is 22.0. The predicted molar refractivity (Wildman–Crippen MR) is 134 cm³/mol. The van der Waals surface area contributed by atoms with Crippen molar-refractivity contribution in [1.29, 1.82) is 0 Å². The van der Waals surface area contributed by atoms with Gasteiger partial charge in [-0.05, 0) is 41.0 Å². The summed E-state index contributed by atoms with van der Waals surface area (Å²) in [5.41, 5.74) is 2.41. The van der Waals surface area contributed by atoms with E-state index in [9.17, 15) is 0 Å². The third-order valence-electron chi connectivity index (χ3n) is 6.45. The fourth-order valence-electron chi connectivity index (χ4n) is 4.58. The maximum Gasteiger partial charge on any atom is 0.186 e. The second kappa shape index (κ2) is 10.4. The summed E-state index contributed by atoms with van der Waals surface area (Å²) in [6.45, 7) is 7.01. The average molecular weight is 462 g/mol. The molecule has 2 aromatic carbocycles. The summed E-state index contributed by atoms with van der Waals surface area (Å²) >= 11 is 1.79. The first-order valence-corrected chi connectivity index (χ1v) is 12.8.